The van der Waals surface area contributed by atoms with Gasteiger partial charge in [0.15, 0.2) is 0 Å². The van der Waals surface area contributed by atoms with Gasteiger partial charge in [-0.3, -0.25) is 9.69 Å². The van der Waals surface area contributed by atoms with Crippen LogP contribution in [0.15, 0.2) is 12.2 Å². The highest BCUT2D eigenvalue weighted by Crippen LogP contribution is 2.15. The van der Waals surface area contributed by atoms with Gasteiger partial charge in [-0.05, 0) is 34.6 Å². The Morgan fingerprint density at radius 1 is 1.14 bits per heavy atom. The van der Waals surface area contributed by atoms with Crippen LogP contribution in [0.1, 0.15) is 34.6 Å². The molecule has 0 aliphatic heterocycles. The van der Waals surface area contributed by atoms with Crippen molar-refractivity contribution in [2.45, 2.75) is 52.7 Å². The van der Waals surface area contributed by atoms with Crippen molar-refractivity contribution in [3.05, 3.63) is 12.2 Å². The predicted octanol–water partition coefficient (Wildman–Crippen LogP) is 1.54. The second-order valence-corrected chi connectivity index (χ2v) is 4.20. The van der Waals surface area contributed by atoms with Crippen molar-refractivity contribution >= 4 is 5.91 Å². The summed E-state index contributed by atoms with van der Waals surface area (Å²) in [6.45, 7) is 14.1. The maximum atomic E-state index is 11.0. The van der Waals surface area contributed by atoms with Gasteiger partial charge in [-0.1, -0.05) is 6.58 Å². The molecule has 2 N–H and O–H groups in total. The summed E-state index contributed by atoms with van der Waals surface area (Å²) in [5, 5.41) is 0. The quantitative estimate of drug-likeness (QED) is 0.681. The Hall–Kier alpha value is -0.830. The Bertz CT molecular complexity index is 213. The number of rotatable bonds is 5. The molecule has 0 radical (unpaired) electrons. The normalized spacial score (nSPS) is 13.7. The third-order valence-electron chi connectivity index (χ3n) is 2.46. The molecule has 0 aromatic heterocycles. The smallest absolute Gasteiger partial charge is 0.245 e. The Kier molecular flexibility index (Phi) is 4.85. The van der Waals surface area contributed by atoms with Gasteiger partial charge in [-0.2, -0.15) is 0 Å². The van der Waals surface area contributed by atoms with Gasteiger partial charge in [0.1, 0.15) is 0 Å². The molecule has 1 amide bonds. The third kappa shape index (κ3) is 3.14. The molecule has 14 heavy (non-hydrogen) atoms. The zero-order valence-corrected chi connectivity index (χ0v) is 9.87. The van der Waals surface area contributed by atoms with Crippen LogP contribution in [0.5, 0.6) is 0 Å². The van der Waals surface area contributed by atoms with Crippen LogP contribution in [0.2, 0.25) is 0 Å². The van der Waals surface area contributed by atoms with Crippen LogP contribution in [0.4, 0.5) is 0 Å². The number of hydrogen-bond donors (Lipinski definition) is 1. The van der Waals surface area contributed by atoms with E-state index >= 15 is 0 Å². The average molecular weight is 198 g/mol. The molecule has 82 valence electrons. The van der Waals surface area contributed by atoms with Crippen LogP contribution in [0.25, 0.3) is 0 Å². The van der Waals surface area contributed by atoms with E-state index in [9.17, 15) is 4.79 Å². The molecule has 0 rings (SSSR count). The first-order valence-corrected chi connectivity index (χ1v) is 5.05. The summed E-state index contributed by atoms with van der Waals surface area (Å²) >= 11 is 0. The van der Waals surface area contributed by atoms with E-state index in [1.165, 1.54) is 0 Å². The number of carbonyl (C=O) groups is 1. The highest BCUT2D eigenvalue weighted by atomic mass is 16.1. The first-order chi connectivity index (χ1) is 6.29. The lowest BCUT2D eigenvalue weighted by Gasteiger charge is -2.36. The molecule has 0 bridgehead atoms. The highest BCUT2D eigenvalue weighted by molar-refractivity contribution is 5.92. The van der Waals surface area contributed by atoms with Gasteiger partial charge in [-0.15, -0.1) is 0 Å². The first-order valence-electron chi connectivity index (χ1n) is 5.05. The fourth-order valence-corrected chi connectivity index (χ4v) is 1.88. The Balaban J connectivity index is 4.68. The predicted molar refractivity (Wildman–Crippen MR) is 59.9 cm³/mol. The standard InChI is InChI=1S/C11H22N2O/c1-7(2)13(8(3)4)10(6)9(5)11(12)14/h7-8,10H,5H2,1-4,6H3,(H2,12,14). The second kappa shape index (κ2) is 5.15. The Morgan fingerprint density at radius 2 is 1.50 bits per heavy atom. The minimum Gasteiger partial charge on any atom is -0.366 e. The number of amides is 1. The molecule has 1 atom stereocenters. The lowest BCUT2D eigenvalue weighted by Crippen LogP contribution is -2.46. The third-order valence-corrected chi connectivity index (χ3v) is 2.46. The number of nitrogens with two attached hydrogens (primary N) is 1. The van der Waals surface area contributed by atoms with Gasteiger partial charge in [0.05, 0.1) is 0 Å². The van der Waals surface area contributed by atoms with Crippen molar-refractivity contribution in [3.63, 3.8) is 0 Å². The summed E-state index contributed by atoms with van der Waals surface area (Å²) in [7, 11) is 0. The monoisotopic (exact) mass is 198 g/mol. The molecule has 0 aromatic rings. The van der Waals surface area contributed by atoms with E-state index in [0.29, 0.717) is 17.7 Å². The van der Waals surface area contributed by atoms with Crippen LogP contribution in [0.3, 0.4) is 0 Å². The van der Waals surface area contributed by atoms with Gasteiger partial charge >= 0.3 is 0 Å². The summed E-state index contributed by atoms with van der Waals surface area (Å²) in [6.07, 6.45) is 0. The summed E-state index contributed by atoms with van der Waals surface area (Å²) in [4.78, 5) is 13.2. The molecular weight excluding hydrogens is 176 g/mol. The zero-order chi connectivity index (χ0) is 11.5. The lowest BCUT2D eigenvalue weighted by atomic mass is 10.0. The molecule has 1 unspecified atom stereocenters. The van der Waals surface area contributed by atoms with Crippen LogP contribution >= 0.6 is 0 Å². The Labute approximate surface area is 87.0 Å². The molecule has 0 aromatic carbocycles. The SMILES string of the molecule is C=C(C(N)=O)C(C)N(C(C)C)C(C)C. The van der Waals surface area contributed by atoms with Crippen LogP contribution in [-0.4, -0.2) is 28.9 Å². The average Bonchev–Trinajstić information content (AvgIpc) is 2.01. The molecular formula is C11H22N2O. The molecule has 0 saturated carbocycles. The van der Waals surface area contributed by atoms with Gasteiger partial charge in [0.2, 0.25) is 5.91 Å². The van der Waals surface area contributed by atoms with E-state index in [2.05, 4.69) is 39.2 Å². The van der Waals surface area contributed by atoms with Gasteiger partial charge in [0.25, 0.3) is 0 Å². The summed E-state index contributed by atoms with van der Waals surface area (Å²) in [6, 6.07) is 0.759. The molecule has 0 saturated heterocycles. The van der Waals surface area contributed by atoms with Crippen LogP contribution in [0, 0.1) is 0 Å². The highest BCUT2D eigenvalue weighted by Gasteiger charge is 2.24. The van der Waals surface area contributed by atoms with E-state index in [1.807, 2.05) is 6.92 Å². The van der Waals surface area contributed by atoms with Crippen molar-refractivity contribution in [2.75, 3.05) is 0 Å². The zero-order valence-electron chi connectivity index (χ0n) is 9.87. The van der Waals surface area contributed by atoms with E-state index in [-0.39, 0.29) is 6.04 Å². The number of hydrogen-bond acceptors (Lipinski definition) is 2. The fourth-order valence-electron chi connectivity index (χ4n) is 1.88. The molecule has 0 heterocycles. The molecule has 3 heteroatoms. The van der Waals surface area contributed by atoms with Crippen molar-refractivity contribution < 1.29 is 4.79 Å². The van der Waals surface area contributed by atoms with Gasteiger partial charge < -0.3 is 5.73 Å². The van der Waals surface area contributed by atoms with Crippen LogP contribution < -0.4 is 5.73 Å². The van der Waals surface area contributed by atoms with E-state index < -0.39 is 5.91 Å². The molecule has 0 aliphatic carbocycles. The van der Waals surface area contributed by atoms with Crippen molar-refractivity contribution in [1.82, 2.24) is 4.90 Å². The molecule has 3 nitrogen and oxygen atoms in total. The summed E-state index contributed by atoms with van der Waals surface area (Å²) < 4.78 is 0. The molecule has 0 spiro atoms. The van der Waals surface area contributed by atoms with Crippen LogP contribution in [-0.2, 0) is 4.79 Å². The van der Waals surface area contributed by atoms with Crippen molar-refractivity contribution in [1.29, 1.82) is 0 Å². The van der Waals surface area contributed by atoms with E-state index in [4.69, 9.17) is 5.73 Å². The van der Waals surface area contributed by atoms with Crippen molar-refractivity contribution in [2.24, 2.45) is 5.73 Å². The topological polar surface area (TPSA) is 46.3 Å². The summed E-state index contributed by atoms with van der Waals surface area (Å²) in [5.74, 6) is -0.413. The number of carbonyl (C=O) groups excluding carboxylic acids is 1. The fraction of sp³-hybridized carbons (Fsp3) is 0.727. The lowest BCUT2D eigenvalue weighted by molar-refractivity contribution is -0.115. The minimum absolute atomic E-state index is 0.00694. The van der Waals surface area contributed by atoms with E-state index in [0.717, 1.165) is 0 Å². The largest absolute Gasteiger partial charge is 0.366 e. The minimum atomic E-state index is -0.413. The van der Waals surface area contributed by atoms with Gasteiger partial charge in [0, 0.05) is 23.7 Å². The van der Waals surface area contributed by atoms with E-state index in [1.54, 1.807) is 0 Å². The Morgan fingerprint density at radius 3 is 1.71 bits per heavy atom. The number of nitrogens with zero attached hydrogens (tertiary/aromatic N) is 1. The maximum Gasteiger partial charge on any atom is 0.245 e. The number of primary amides is 1. The van der Waals surface area contributed by atoms with Crippen molar-refractivity contribution in [3.8, 4) is 0 Å². The first kappa shape index (κ1) is 13.2. The molecule has 0 fully saturated rings. The molecule has 0 aliphatic rings. The summed E-state index contributed by atoms with van der Waals surface area (Å²) in [5.41, 5.74) is 5.69. The second-order valence-electron chi connectivity index (χ2n) is 4.20. The maximum absolute atomic E-state index is 11.0. The van der Waals surface area contributed by atoms with Gasteiger partial charge in [-0.25, -0.2) is 0 Å².